The normalized spacial score (nSPS) is 17.2. The van der Waals surface area contributed by atoms with Gasteiger partial charge in [-0.2, -0.15) is 0 Å². The number of carbonyl (C=O) groups excluding carboxylic acids is 1. The molecule has 1 aromatic rings. The van der Waals surface area contributed by atoms with Crippen LogP contribution in [-0.4, -0.2) is 25.3 Å². The van der Waals surface area contributed by atoms with Gasteiger partial charge in [0.15, 0.2) is 0 Å². The van der Waals surface area contributed by atoms with Crippen LogP contribution in [0.5, 0.6) is 0 Å². The number of nitrogens with one attached hydrogen (secondary N) is 2. The Balaban J connectivity index is 2.06. The Kier molecular flexibility index (Phi) is 6.22. The van der Waals surface area contributed by atoms with Crippen LogP contribution >= 0.6 is 0 Å². The van der Waals surface area contributed by atoms with E-state index in [4.69, 9.17) is 4.74 Å². The SMILES string of the molecule is C/C=C\C(NC(=O)OC1CCNCC1)=C(/C)c1ccccc1. The topological polar surface area (TPSA) is 50.4 Å². The van der Waals surface area contributed by atoms with E-state index < -0.39 is 0 Å². The predicted molar refractivity (Wildman–Crippen MR) is 89.4 cm³/mol. The van der Waals surface area contributed by atoms with Gasteiger partial charge in [-0.25, -0.2) is 4.79 Å². The number of allylic oxidation sites excluding steroid dienone is 3. The zero-order chi connectivity index (χ0) is 15.8. The van der Waals surface area contributed by atoms with Gasteiger partial charge in [-0.3, -0.25) is 5.32 Å². The average Bonchev–Trinajstić information content (AvgIpc) is 2.55. The third-order valence-electron chi connectivity index (χ3n) is 3.74. The van der Waals surface area contributed by atoms with Crippen molar-refractivity contribution in [3.8, 4) is 0 Å². The van der Waals surface area contributed by atoms with Gasteiger partial charge in [0.05, 0.1) is 0 Å². The summed E-state index contributed by atoms with van der Waals surface area (Å²) in [6.45, 7) is 5.73. The van der Waals surface area contributed by atoms with Crippen molar-refractivity contribution in [3.05, 3.63) is 53.7 Å². The van der Waals surface area contributed by atoms with Crippen LogP contribution in [0.25, 0.3) is 5.57 Å². The quantitative estimate of drug-likeness (QED) is 0.837. The van der Waals surface area contributed by atoms with E-state index in [9.17, 15) is 4.79 Å². The van der Waals surface area contributed by atoms with E-state index in [1.54, 1.807) is 0 Å². The highest BCUT2D eigenvalue weighted by Crippen LogP contribution is 2.18. The molecule has 0 bridgehead atoms. The van der Waals surface area contributed by atoms with Crippen molar-refractivity contribution in [2.24, 2.45) is 0 Å². The van der Waals surface area contributed by atoms with Crippen LogP contribution in [0.15, 0.2) is 48.2 Å². The van der Waals surface area contributed by atoms with Gasteiger partial charge in [-0.1, -0.05) is 36.4 Å². The number of hydrogen-bond donors (Lipinski definition) is 2. The largest absolute Gasteiger partial charge is 0.446 e. The van der Waals surface area contributed by atoms with Gasteiger partial charge in [0.25, 0.3) is 0 Å². The summed E-state index contributed by atoms with van der Waals surface area (Å²) in [5.74, 6) is 0. The summed E-state index contributed by atoms with van der Waals surface area (Å²) in [5, 5.41) is 6.13. The molecule has 1 heterocycles. The molecule has 1 aromatic carbocycles. The monoisotopic (exact) mass is 300 g/mol. The Morgan fingerprint density at radius 2 is 1.95 bits per heavy atom. The molecule has 2 N–H and O–H groups in total. The van der Waals surface area contributed by atoms with E-state index in [1.165, 1.54) is 0 Å². The first-order valence-corrected chi connectivity index (χ1v) is 7.78. The van der Waals surface area contributed by atoms with Crippen molar-refractivity contribution < 1.29 is 9.53 Å². The molecule has 1 aliphatic heterocycles. The molecule has 0 spiro atoms. The third-order valence-corrected chi connectivity index (χ3v) is 3.74. The van der Waals surface area contributed by atoms with Gasteiger partial charge in [0.2, 0.25) is 0 Å². The molecule has 4 nitrogen and oxygen atoms in total. The summed E-state index contributed by atoms with van der Waals surface area (Å²) in [4.78, 5) is 12.1. The number of ether oxygens (including phenoxy) is 1. The van der Waals surface area contributed by atoms with E-state index >= 15 is 0 Å². The minimum absolute atomic E-state index is 0.00476. The number of piperidine rings is 1. The Morgan fingerprint density at radius 3 is 2.59 bits per heavy atom. The molecule has 118 valence electrons. The molecule has 0 aliphatic carbocycles. The fourth-order valence-electron chi connectivity index (χ4n) is 2.47. The Hall–Kier alpha value is -2.07. The van der Waals surface area contributed by atoms with Gasteiger partial charge in [-0.05, 0) is 57.0 Å². The van der Waals surface area contributed by atoms with E-state index in [2.05, 4.69) is 10.6 Å². The van der Waals surface area contributed by atoms with Gasteiger partial charge < -0.3 is 10.1 Å². The average molecular weight is 300 g/mol. The van der Waals surface area contributed by atoms with Crippen LogP contribution in [0.2, 0.25) is 0 Å². The van der Waals surface area contributed by atoms with Crippen molar-refractivity contribution in [2.75, 3.05) is 13.1 Å². The first kappa shape index (κ1) is 16.3. The van der Waals surface area contributed by atoms with Crippen LogP contribution in [-0.2, 0) is 4.74 Å². The summed E-state index contributed by atoms with van der Waals surface area (Å²) in [6.07, 6.45) is 5.17. The number of amides is 1. The first-order chi connectivity index (χ1) is 10.7. The second kappa shape index (κ2) is 8.39. The van der Waals surface area contributed by atoms with E-state index in [0.717, 1.165) is 42.8 Å². The zero-order valence-electron chi connectivity index (χ0n) is 13.3. The number of benzene rings is 1. The lowest BCUT2D eigenvalue weighted by Gasteiger charge is -2.23. The van der Waals surface area contributed by atoms with Gasteiger partial charge in [0.1, 0.15) is 6.10 Å². The second-order valence-electron chi connectivity index (χ2n) is 5.38. The Morgan fingerprint density at radius 1 is 1.27 bits per heavy atom. The first-order valence-electron chi connectivity index (χ1n) is 7.78. The van der Waals surface area contributed by atoms with Crippen molar-refractivity contribution in [1.82, 2.24) is 10.6 Å². The molecule has 1 saturated heterocycles. The molecule has 0 radical (unpaired) electrons. The van der Waals surface area contributed by atoms with Gasteiger partial charge in [0, 0.05) is 5.70 Å². The maximum atomic E-state index is 12.1. The minimum atomic E-state index is -0.379. The molecule has 1 amide bonds. The van der Waals surface area contributed by atoms with Crippen molar-refractivity contribution in [3.63, 3.8) is 0 Å². The summed E-state index contributed by atoms with van der Waals surface area (Å²) < 4.78 is 5.50. The van der Waals surface area contributed by atoms with Crippen molar-refractivity contribution in [2.45, 2.75) is 32.8 Å². The van der Waals surface area contributed by atoms with Crippen LogP contribution in [0, 0.1) is 0 Å². The molecule has 0 saturated carbocycles. The molecular formula is C18H24N2O2. The molecular weight excluding hydrogens is 276 g/mol. The number of alkyl carbamates (subject to hydrolysis) is 1. The lowest BCUT2D eigenvalue weighted by atomic mass is 10.1. The van der Waals surface area contributed by atoms with Crippen LogP contribution in [0.1, 0.15) is 32.3 Å². The summed E-state index contributed by atoms with van der Waals surface area (Å²) in [6, 6.07) is 10.0. The summed E-state index contributed by atoms with van der Waals surface area (Å²) >= 11 is 0. The lowest BCUT2D eigenvalue weighted by molar-refractivity contribution is 0.0817. The molecule has 0 aromatic heterocycles. The highest BCUT2D eigenvalue weighted by atomic mass is 16.6. The molecule has 1 aliphatic rings. The third kappa shape index (κ3) is 4.74. The highest BCUT2D eigenvalue weighted by molar-refractivity contribution is 5.77. The zero-order valence-corrected chi connectivity index (χ0v) is 13.3. The second-order valence-corrected chi connectivity index (χ2v) is 5.38. The lowest BCUT2D eigenvalue weighted by Crippen LogP contribution is -2.36. The van der Waals surface area contributed by atoms with E-state index in [-0.39, 0.29) is 12.2 Å². The van der Waals surface area contributed by atoms with Crippen LogP contribution in [0.4, 0.5) is 4.79 Å². The number of hydrogen-bond acceptors (Lipinski definition) is 3. The highest BCUT2D eigenvalue weighted by Gasteiger charge is 2.18. The van der Waals surface area contributed by atoms with Crippen LogP contribution < -0.4 is 10.6 Å². The summed E-state index contributed by atoms with van der Waals surface area (Å²) in [7, 11) is 0. The maximum absolute atomic E-state index is 12.1. The van der Waals surface area contributed by atoms with Gasteiger partial charge >= 0.3 is 6.09 Å². The van der Waals surface area contributed by atoms with E-state index in [1.807, 2.05) is 56.3 Å². The van der Waals surface area contributed by atoms with Gasteiger partial charge in [-0.15, -0.1) is 0 Å². The van der Waals surface area contributed by atoms with Crippen LogP contribution in [0.3, 0.4) is 0 Å². The van der Waals surface area contributed by atoms with Crippen molar-refractivity contribution >= 4 is 11.7 Å². The fraction of sp³-hybridized carbons (Fsp3) is 0.389. The molecule has 0 unspecified atom stereocenters. The number of carbonyl (C=O) groups is 1. The fourth-order valence-corrected chi connectivity index (χ4v) is 2.47. The predicted octanol–water partition coefficient (Wildman–Crippen LogP) is 3.47. The molecule has 0 atom stereocenters. The number of rotatable bonds is 4. The molecule has 1 fully saturated rings. The Bertz CT molecular complexity index is 543. The van der Waals surface area contributed by atoms with Crippen molar-refractivity contribution in [1.29, 1.82) is 0 Å². The summed E-state index contributed by atoms with van der Waals surface area (Å²) in [5.41, 5.74) is 2.87. The Labute approximate surface area is 132 Å². The molecule has 4 heteroatoms. The minimum Gasteiger partial charge on any atom is -0.446 e. The van der Waals surface area contributed by atoms with E-state index in [0.29, 0.717) is 0 Å². The smallest absolute Gasteiger partial charge is 0.411 e. The maximum Gasteiger partial charge on any atom is 0.411 e. The molecule has 22 heavy (non-hydrogen) atoms. The molecule has 2 rings (SSSR count). The standard InChI is InChI=1S/C18H24N2O2/c1-3-7-17(14(2)15-8-5-4-6-9-15)20-18(21)22-16-10-12-19-13-11-16/h3-9,16,19H,10-13H2,1-2H3,(H,20,21)/b7-3-,17-14-.